The highest BCUT2D eigenvalue weighted by molar-refractivity contribution is 6.06. The number of nitrogens with zero attached hydrogens (tertiary/aromatic N) is 1. The molecule has 0 atom stereocenters. The summed E-state index contributed by atoms with van der Waals surface area (Å²) in [5.41, 5.74) is 1.51. The van der Waals surface area contributed by atoms with Gasteiger partial charge in [0.05, 0.1) is 37.2 Å². The number of hydrogen-bond acceptors (Lipinski definition) is 8. The molecule has 0 aliphatic carbocycles. The van der Waals surface area contributed by atoms with Gasteiger partial charge in [0.25, 0.3) is 5.91 Å². The van der Waals surface area contributed by atoms with Crippen molar-refractivity contribution in [2.75, 3.05) is 24.9 Å². The third kappa shape index (κ3) is 14.4. The normalized spacial score (nSPS) is 10.7. The second-order valence-electron chi connectivity index (χ2n) is 12.5. The number of aromatic nitrogens is 1. The van der Waals surface area contributed by atoms with Crippen LogP contribution in [0.15, 0.2) is 60.9 Å². The monoisotopic (exact) mass is 687 g/mol. The minimum absolute atomic E-state index is 0.0518. The first-order valence-electron chi connectivity index (χ1n) is 18.0. The number of ether oxygens (including phenoxy) is 3. The molecule has 0 aliphatic heterocycles. The fourth-order valence-corrected chi connectivity index (χ4v) is 5.57. The molecule has 0 saturated heterocycles. The average Bonchev–Trinajstić information content (AvgIpc) is 3.13. The predicted molar refractivity (Wildman–Crippen MR) is 196 cm³/mol. The maximum Gasteiger partial charge on any atom is 0.339 e. The van der Waals surface area contributed by atoms with Crippen molar-refractivity contribution in [3.05, 3.63) is 77.6 Å². The SMILES string of the molecule is CCCCCCCCCCCCCCCCCC(=O)Nc1ccc(C(=O)Nc2cc(C(=O)OC)ccc2Oc2cncc(C(=O)OC)c2)cc1. The van der Waals surface area contributed by atoms with E-state index in [1.54, 1.807) is 24.3 Å². The van der Waals surface area contributed by atoms with Gasteiger partial charge in [-0.3, -0.25) is 14.6 Å². The molecule has 0 spiro atoms. The molecule has 50 heavy (non-hydrogen) atoms. The number of unbranched alkanes of at least 4 members (excludes halogenated alkanes) is 14. The minimum Gasteiger partial charge on any atom is -0.465 e. The second-order valence-corrected chi connectivity index (χ2v) is 12.5. The summed E-state index contributed by atoms with van der Waals surface area (Å²) in [6.45, 7) is 2.26. The lowest BCUT2D eigenvalue weighted by molar-refractivity contribution is -0.116. The van der Waals surface area contributed by atoms with Crippen molar-refractivity contribution in [1.82, 2.24) is 4.98 Å². The highest BCUT2D eigenvalue weighted by atomic mass is 16.5. The zero-order valence-electron chi connectivity index (χ0n) is 29.9. The molecule has 0 bridgehead atoms. The largest absolute Gasteiger partial charge is 0.465 e. The molecule has 2 N–H and O–H groups in total. The minimum atomic E-state index is -0.592. The second kappa shape index (κ2) is 22.8. The maximum atomic E-state index is 13.2. The van der Waals surface area contributed by atoms with Gasteiger partial charge in [-0.2, -0.15) is 0 Å². The summed E-state index contributed by atoms with van der Waals surface area (Å²) in [5.74, 6) is -1.26. The van der Waals surface area contributed by atoms with E-state index in [4.69, 9.17) is 14.2 Å². The van der Waals surface area contributed by atoms with Gasteiger partial charge in [0.1, 0.15) is 5.75 Å². The van der Waals surface area contributed by atoms with Crippen molar-refractivity contribution in [2.24, 2.45) is 0 Å². The summed E-state index contributed by atoms with van der Waals surface area (Å²) in [4.78, 5) is 53.9. The van der Waals surface area contributed by atoms with Crippen LogP contribution < -0.4 is 15.4 Å². The number of nitrogens with one attached hydrogen (secondary N) is 2. The van der Waals surface area contributed by atoms with Gasteiger partial charge in [-0.05, 0) is 55.0 Å². The number of carbonyl (C=O) groups is 4. The average molecular weight is 688 g/mol. The first kappa shape index (κ1) is 39.7. The maximum absolute atomic E-state index is 13.2. The van der Waals surface area contributed by atoms with Gasteiger partial charge in [-0.15, -0.1) is 0 Å². The summed E-state index contributed by atoms with van der Waals surface area (Å²) >= 11 is 0. The number of pyridine rings is 1. The van der Waals surface area contributed by atoms with Gasteiger partial charge >= 0.3 is 11.9 Å². The lowest BCUT2D eigenvalue weighted by atomic mass is 10.0. The van der Waals surface area contributed by atoms with Crippen molar-refractivity contribution in [1.29, 1.82) is 0 Å². The summed E-state index contributed by atoms with van der Waals surface area (Å²) < 4.78 is 15.5. The Kier molecular flexibility index (Phi) is 18.1. The van der Waals surface area contributed by atoms with Crippen LogP contribution in [0.3, 0.4) is 0 Å². The molecule has 2 amide bonds. The van der Waals surface area contributed by atoms with E-state index in [-0.39, 0.29) is 34.2 Å². The van der Waals surface area contributed by atoms with E-state index in [0.29, 0.717) is 17.7 Å². The molecular weight excluding hydrogens is 634 g/mol. The zero-order chi connectivity index (χ0) is 36.0. The Hall–Kier alpha value is -4.73. The van der Waals surface area contributed by atoms with Gasteiger partial charge in [0, 0.05) is 23.9 Å². The van der Waals surface area contributed by atoms with Gasteiger partial charge in [0.15, 0.2) is 5.75 Å². The molecule has 0 unspecified atom stereocenters. The molecule has 270 valence electrons. The number of anilines is 2. The predicted octanol–water partition coefficient (Wildman–Crippen LogP) is 9.90. The van der Waals surface area contributed by atoms with Crippen molar-refractivity contribution in [2.45, 2.75) is 110 Å². The third-order valence-electron chi connectivity index (χ3n) is 8.45. The van der Waals surface area contributed by atoms with E-state index in [9.17, 15) is 19.2 Å². The number of rotatable bonds is 23. The molecule has 0 saturated carbocycles. The van der Waals surface area contributed by atoms with Crippen LogP contribution in [0.2, 0.25) is 0 Å². The van der Waals surface area contributed by atoms with Crippen LogP contribution in [0.25, 0.3) is 0 Å². The first-order valence-corrected chi connectivity index (χ1v) is 18.0. The number of amides is 2. The fourth-order valence-electron chi connectivity index (χ4n) is 5.57. The highest BCUT2D eigenvalue weighted by Gasteiger charge is 2.16. The van der Waals surface area contributed by atoms with Crippen LogP contribution in [0.4, 0.5) is 11.4 Å². The molecule has 0 fully saturated rings. The lowest BCUT2D eigenvalue weighted by Crippen LogP contribution is -2.14. The standard InChI is InChI=1S/C40H53N3O7/c1-4-5-6-7-8-9-10-11-12-13-14-15-16-17-18-19-37(44)42-33-23-20-30(21-24-33)38(45)43-35-27-31(39(46)48-2)22-25-36(35)50-34-26-32(28-41-29-34)40(47)49-3/h20-29H,4-19H2,1-3H3,(H,42,44)(H,43,45). The molecular formula is C40H53N3O7. The molecule has 3 rings (SSSR count). The van der Waals surface area contributed by atoms with E-state index in [2.05, 4.69) is 22.5 Å². The topological polar surface area (TPSA) is 133 Å². The molecule has 0 radical (unpaired) electrons. The summed E-state index contributed by atoms with van der Waals surface area (Å²) in [6, 6.07) is 12.4. The van der Waals surface area contributed by atoms with Crippen molar-refractivity contribution >= 4 is 35.1 Å². The Balaban J connectivity index is 1.42. The molecule has 2 aromatic carbocycles. The Labute approximate surface area is 296 Å². The zero-order valence-corrected chi connectivity index (χ0v) is 29.9. The van der Waals surface area contributed by atoms with Crippen molar-refractivity contribution < 1.29 is 33.4 Å². The van der Waals surface area contributed by atoms with Crippen LogP contribution in [-0.4, -0.2) is 43.0 Å². The Morgan fingerprint density at radius 3 is 1.72 bits per heavy atom. The van der Waals surface area contributed by atoms with Gasteiger partial charge in [-0.25, -0.2) is 9.59 Å². The Morgan fingerprint density at radius 1 is 0.600 bits per heavy atom. The molecule has 1 heterocycles. The van der Waals surface area contributed by atoms with Crippen LogP contribution >= 0.6 is 0 Å². The fraction of sp³-hybridized carbons (Fsp3) is 0.475. The van der Waals surface area contributed by atoms with Crippen molar-refractivity contribution in [3.8, 4) is 11.5 Å². The van der Waals surface area contributed by atoms with Crippen LogP contribution in [-0.2, 0) is 14.3 Å². The molecule has 10 heteroatoms. The molecule has 1 aromatic heterocycles. The lowest BCUT2D eigenvalue weighted by Gasteiger charge is -2.14. The van der Waals surface area contributed by atoms with E-state index in [1.165, 1.54) is 128 Å². The number of benzene rings is 2. The van der Waals surface area contributed by atoms with E-state index >= 15 is 0 Å². The molecule has 0 aliphatic rings. The van der Waals surface area contributed by atoms with Crippen LogP contribution in [0, 0.1) is 0 Å². The van der Waals surface area contributed by atoms with Crippen molar-refractivity contribution in [3.63, 3.8) is 0 Å². The summed E-state index contributed by atoms with van der Waals surface area (Å²) in [5, 5.41) is 5.68. The number of carbonyl (C=O) groups excluding carboxylic acids is 4. The smallest absolute Gasteiger partial charge is 0.339 e. The van der Waals surface area contributed by atoms with E-state index in [0.717, 1.165) is 19.3 Å². The molecule has 3 aromatic rings. The summed E-state index contributed by atoms with van der Waals surface area (Å²) in [7, 11) is 2.52. The van der Waals surface area contributed by atoms with E-state index in [1.807, 2.05) is 0 Å². The first-order chi connectivity index (χ1) is 24.3. The van der Waals surface area contributed by atoms with Gasteiger partial charge in [-0.1, -0.05) is 96.8 Å². The van der Waals surface area contributed by atoms with Gasteiger partial charge < -0.3 is 24.8 Å². The van der Waals surface area contributed by atoms with Crippen LogP contribution in [0.1, 0.15) is 141 Å². The van der Waals surface area contributed by atoms with E-state index < -0.39 is 17.8 Å². The quantitative estimate of drug-likeness (QED) is 0.0743. The third-order valence-corrected chi connectivity index (χ3v) is 8.45. The Bertz CT molecular complexity index is 1510. The highest BCUT2D eigenvalue weighted by Crippen LogP contribution is 2.32. The number of methoxy groups -OCH3 is 2. The molecule has 10 nitrogen and oxygen atoms in total. The van der Waals surface area contributed by atoms with Crippen LogP contribution in [0.5, 0.6) is 11.5 Å². The number of esters is 2. The van der Waals surface area contributed by atoms with Gasteiger partial charge in [0.2, 0.25) is 5.91 Å². The summed E-state index contributed by atoms with van der Waals surface area (Å²) in [6.07, 6.45) is 22.4. The number of hydrogen-bond donors (Lipinski definition) is 2. The Morgan fingerprint density at radius 2 is 1.14 bits per heavy atom.